The van der Waals surface area contributed by atoms with Crippen molar-refractivity contribution in [1.29, 1.82) is 0 Å². The van der Waals surface area contributed by atoms with E-state index in [9.17, 15) is 10.1 Å². The monoisotopic (exact) mass is 279 g/mol. The van der Waals surface area contributed by atoms with Crippen molar-refractivity contribution in [2.24, 2.45) is 0 Å². The Kier molecular flexibility index (Phi) is 5.76. The van der Waals surface area contributed by atoms with Crippen LogP contribution in [0.3, 0.4) is 0 Å². The topological polar surface area (TPSA) is 67.6 Å². The summed E-state index contributed by atoms with van der Waals surface area (Å²) in [7, 11) is 0. The third-order valence-electron chi connectivity index (χ3n) is 3.40. The van der Waals surface area contributed by atoms with E-state index in [1.807, 2.05) is 0 Å². The van der Waals surface area contributed by atoms with Gasteiger partial charge in [-0.3, -0.25) is 10.1 Å². The summed E-state index contributed by atoms with van der Waals surface area (Å²) in [4.78, 5) is 12.9. The van der Waals surface area contributed by atoms with Crippen molar-refractivity contribution in [2.45, 2.75) is 12.8 Å². The molecule has 0 atom stereocenters. The molecule has 1 aromatic rings. The van der Waals surface area contributed by atoms with Gasteiger partial charge in [0.1, 0.15) is 0 Å². The summed E-state index contributed by atoms with van der Waals surface area (Å²) in [5.41, 5.74) is 0.0367. The fourth-order valence-corrected chi connectivity index (χ4v) is 2.28. The smallest absolute Gasteiger partial charge is 0.310 e. The zero-order valence-electron chi connectivity index (χ0n) is 11.6. The van der Waals surface area contributed by atoms with E-state index in [2.05, 4.69) is 10.2 Å². The van der Waals surface area contributed by atoms with Gasteiger partial charge in [0.05, 0.1) is 11.5 Å². The second kappa shape index (κ2) is 7.81. The van der Waals surface area contributed by atoms with Gasteiger partial charge in [0.25, 0.3) is 0 Å². The number of nitro benzene ring substituents is 1. The molecule has 20 heavy (non-hydrogen) atoms. The largest absolute Gasteiger partial charge is 0.487 e. The van der Waals surface area contributed by atoms with E-state index in [4.69, 9.17) is 4.74 Å². The Balaban J connectivity index is 1.67. The molecule has 0 saturated carbocycles. The molecule has 0 radical (unpaired) electrons. The Morgan fingerprint density at radius 2 is 2.00 bits per heavy atom. The van der Waals surface area contributed by atoms with Crippen LogP contribution in [-0.2, 0) is 0 Å². The highest BCUT2D eigenvalue weighted by Crippen LogP contribution is 2.25. The van der Waals surface area contributed by atoms with Crippen LogP contribution in [-0.4, -0.2) is 49.2 Å². The molecular weight excluding hydrogens is 258 g/mol. The molecule has 0 bridgehead atoms. The first-order valence-electron chi connectivity index (χ1n) is 7.06. The van der Waals surface area contributed by atoms with E-state index in [1.54, 1.807) is 18.2 Å². The molecule has 0 aromatic heterocycles. The summed E-state index contributed by atoms with van der Waals surface area (Å²) in [6.45, 7) is 5.92. The van der Waals surface area contributed by atoms with E-state index in [0.717, 1.165) is 45.6 Å². The van der Waals surface area contributed by atoms with Gasteiger partial charge in [-0.1, -0.05) is 12.1 Å². The SMILES string of the molecule is O=[N+]([O-])c1ccccc1OCCCCN1CCNCC1. The second-order valence-electron chi connectivity index (χ2n) is 4.87. The first kappa shape index (κ1) is 14.7. The van der Waals surface area contributed by atoms with E-state index in [0.29, 0.717) is 12.4 Å². The molecular formula is C14H21N3O3. The summed E-state index contributed by atoms with van der Waals surface area (Å²) in [6.07, 6.45) is 1.97. The van der Waals surface area contributed by atoms with Crippen molar-refractivity contribution >= 4 is 5.69 Å². The number of nitro groups is 1. The summed E-state index contributed by atoms with van der Waals surface area (Å²) >= 11 is 0. The van der Waals surface area contributed by atoms with Crippen LogP contribution in [0.15, 0.2) is 24.3 Å². The number of unbranched alkanes of at least 4 members (excludes halogenated alkanes) is 1. The van der Waals surface area contributed by atoms with Crippen LogP contribution >= 0.6 is 0 Å². The molecule has 1 heterocycles. The minimum absolute atomic E-state index is 0.0367. The van der Waals surface area contributed by atoms with Crippen LogP contribution in [0, 0.1) is 10.1 Å². The first-order valence-corrected chi connectivity index (χ1v) is 7.06. The highest BCUT2D eigenvalue weighted by molar-refractivity contribution is 5.45. The number of rotatable bonds is 7. The van der Waals surface area contributed by atoms with E-state index in [1.165, 1.54) is 6.07 Å². The molecule has 1 aliphatic heterocycles. The molecule has 1 saturated heterocycles. The average molecular weight is 279 g/mol. The lowest BCUT2D eigenvalue weighted by molar-refractivity contribution is -0.385. The van der Waals surface area contributed by atoms with Crippen molar-refractivity contribution in [2.75, 3.05) is 39.3 Å². The fraction of sp³-hybridized carbons (Fsp3) is 0.571. The molecule has 1 N–H and O–H groups in total. The number of ether oxygens (including phenoxy) is 1. The van der Waals surface area contributed by atoms with Gasteiger partial charge in [-0.25, -0.2) is 0 Å². The highest BCUT2D eigenvalue weighted by Gasteiger charge is 2.13. The van der Waals surface area contributed by atoms with Crippen LogP contribution in [0.1, 0.15) is 12.8 Å². The van der Waals surface area contributed by atoms with E-state index >= 15 is 0 Å². The van der Waals surface area contributed by atoms with Gasteiger partial charge in [-0.05, 0) is 25.5 Å². The molecule has 1 fully saturated rings. The number of para-hydroxylation sites is 2. The Bertz CT molecular complexity index is 433. The quantitative estimate of drug-likeness (QED) is 0.467. The summed E-state index contributed by atoms with van der Waals surface area (Å²) in [6, 6.07) is 6.52. The number of hydrogen-bond acceptors (Lipinski definition) is 5. The average Bonchev–Trinajstić information content (AvgIpc) is 2.48. The lowest BCUT2D eigenvalue weighted by Crippen LogP contribution is -2.43. The predicted octanol–water partition coefficient (Wildman–Crippen LogP) is 1.66. The third kappa shape index (κ3) is 4.47. The lowest BCUT2D eigenvalue weighted by Gasteiger charge is -2.26. The number of piperazine rings is 1. The lowest BCUT2D eigenvalue weighted by atomic mass is 10.2. The number of hydrogen-bond donors (Lipinski definition) is 1. The van der Waals surface area contributed by atoms with Crippen LogP contribution in [0.5, 0.6) is 5.75 Å². The van der Waals surface area contributed by atoms with E-state index in [-0.39, 0.29) is 5.69 Å². The van der Waals surface area contributed by atoms with E-state index < -0.39 is 4.92 Å². The molecule has 6 nitrogen and oxygen atoms in total. The third-order valence-corrected chi connectivity index (χ3v) is 3.40. The Morgan fingerprint density at radius 3 is 2.75 bits per heavy atom. The van der Waals surface area contributed by atoms with Crippen LogP contribution in [0.4, 0.5) is 5.69 Å². The predicted molar refractivity (Wildman–Crippen MR) is 77.1 cm³/mol. The van der Waals surface area contributed by atoms with Crippen molar-refractivity contribution in [1.82, 2.24) is 10.2 Å². The molecule has 0 unspecified atom stereocenters. The van der Waals surface area contributed by atoms with Crippen LogP contribution < -0.4 is 10.1 Å². The van der Waals surface area contributed by atoms with Crippen LogP contribution in [0.2, 0.25) is 0 Å². The Hall–Kier alpha value is -1.66. The van der Waals surface area contributed by atoms with Gasteiger partial charge < -0.3 is 15.0 Å². The highest BCUT2D eigenvalue weighted by atomic mass is 16.6. The molecule has 1 aromatic carbocycles. The molecule has 0 spiro atoms. The Labute approximate surface area is 118 Å². The first-order chi connectivity index (χ1) is 9.77. The Morgan fingerprint density at radius 1 is 1.25 bits per heavy atom. The summed E-state index contributed by atoms with van der Waals surface area (Å²) in [5.74, 6) is 0.361. The maximum atomic E-state index is 10.8. The van der Waals surface area contributed by atoms with Crippen molar-refractivity contribution < 1.29 is 9.66 Å². The maximum Gasteiger partial charge on any atom is 0.310 e. The molecule has 6 heteroatoms. The number of nitrogens with zero attached hydrogens (tertiary/aromatic N) is 2. The van der Waals surface area contributed by atoms with Crippen molar-refractivity contribution in [3.05, 3.63) is 34.4 Å². The molecule has 1 aliphatic rings. The van der Waals surface area contributed by atoms with Gasteiger partial charge in [0.2, 0.25) is 0 Å². The standard InChI is InChI=1S/C14H21N3O3/c18-17(19)13-5-1-2-6-14(13)20-12-4-3-9-16-10-7-15-8-11-16/h1-2,5-6,15H,3-4,7-12H2. The molecule has 0 amide bonds. The normalized spacial score (nSPS) is 16.0. The van der Waals surface area contributed by atoms with Gasteiger partial charge >= 0.3 is 5.69 Å². The zero-order valence-corrected chi connectivity index (χ0v) is 11.6. The molecule has 2 rings (SSSR count). The number of benzene rings is 1. The van der Waals surface area contributed by atoms with Gasteiger partial charge in [-0.2, -0.15) is 0 Å². The number of nitrogens with one attached hydrogen (secondary N) is 1. The fourth-order valence-electron chi connectivity index (χ4n) is 2.28. The second-order valence-corrected chi connectivity index (χ2v) is 4.87. The summed E-state index contributed by atoms with van der Waals surface area (Å²) in [5, 5.41) is 14.2. The summed E-state index contributed by atoms with van der Waals surface area (Å²) < 4.78 is 5.52. The molecule has 110 valence electrons. The minimum Gasteiger partial charge on any atom is -0.487 e. The zero-order chi connectivity index (χ0) is 14.2. The maximum absolute atomic E-state index is 10.8. The van der Waals surface area contributed by atoms with Crippen LogP contribution in [0.25, 0.3) is 0 Å². The van der Waals surface area contributed by atoms with Gasteiger partial charge in [-0.15, -0.1) is 0 Å². The van der Waals surface area contributed by atoms with Gasteiger partial charge in [0.15, 0.2) is 5.75 Å². The van der Waals surface area contributed by atoms with Crippen molar-refractivity contribution in [3.63, 3.8) is 0 Å². The van der Waals surface area contributed by atoms with Gasteiger partial charge in [0, 0.05) is 32.2 Å². The van der Waals surface area contributed by atoms with Crippen molar-refractivity contribution in [3.8, 4) is 5.75 Å². The molecule has 0 aliphatic carbocycles. The minimum atomic E-state index is -0.407.